The summed E-state index contributed by atoms with van der Waals surface area (Å²) in [6, 6.07) is 21.5. The van der Waals surface area contributed by atoms with E-state index in [2.05, 4.69) is 32.7 Å². The zero-order valence-electron chi connectivity index (χ0n) is 19.9. The molecule has 2 aromatic heterocycles. The van der Waals surface area contributed by atoms with Crippen LogP contribution >= 0.6 is 11.8 Å². The number of nitrogens with one attached hydrogen (secondary N) is 2. The Morgan fingerprint density at radius 1 is 1.08 bits per heavy atom. The van der Waals surface area contributed by atoms with Crippen LogP contribution in [0.25, 0.3) is 0 Å². The minimum atomic E-state index is -0.285. The Morgan fingerprint density at radius 2 is 1.89 bits per heavy atom. The fraction of sp³-hybridized carbons (Fsp3) is 0.222. The van der Waals surface area contributed by atoms with Gasteiger partial charge in [-0.05, 0) is 36.8 Å². The van der Waals surface area contributed by atoms with E-state index in [0.29, 0.717) is 30.5 Å². The maximum absolute atomic E-state index is 13.1. The molecule has 0 aliphatic carbocycles. The third-order valence-corrected chi connectivity index (χ3v) is 6.88. The summed E-state index contributed by atoms with van der Waals surface area (Å²) in [6.07, 6.45) is 1.62. The van der Waals surface area contributed by atoms with Gasteiger partial charge in [0.05, 0.1) is 30.8 Å². The molecule has 2 aromatic carbocycles. The molecule has 1 amide bonds. The summed E-state index contributed by atoms with van der Waals surface area (Å²) in [5.41, 5.74) is 3.36. The molecule has 36 heavy (non-hydrogen) atoms. The van der Waals surface area contributed by atoms with Gasteiger partial charge in [0, 0.05) is 18.8 Å². The second-order valence-corrected chi connectivity index (χ2v) is 9.65. The van der Waals surface area contributed by atoms with Crippen LogP contribution in [0.15, 0.2) is 87.4 Å². The van der Waals surface area contributed by atoms with Crippen molar-refractivity contribution in [3.8, 4) is 0 Å². The van der Waals surface area contributed by atoms with Crippen LogP contribution in [0.4, 0.5) is 11.5 Å². The monoisotopic (exact) mass is 501 g/mol. The number of fused-ring (bicyclic) bond motifs is 1. The Bertz CT molecular complexity index is 1390. The van der Waals surface area contributed by atoms with Crippen LogP contribution < -0.4 is 16.2 Å². The van der Waals surface area contributed by atoms with Gasteiger partial charge in [-0.15, -0.1) is 0 Å². The van der Waals surface area contributed by atoms with E-state index in [4.69, 9.17) is 4.42 Å². The summed E-state index contributed by atoms with van der Waals surface area (Å²) in [4.78, 5) is 32.2. The molecule has 0 atom stereocenters. The van der Waals surface area contributed by atoms with Crippen LogP contribution in [0.5, 0.6) is 0 Å². The average molecular weight is 502 g/mol. The fourth-order valence-corrected chi connectivity index (χ4v) is 4.91. The van der Waals surface area contributed by atoms with E-state index in [9.17, 15) is 9.59 Å². The lowest BCUT2D eigenvalue weighted by atomic mass is 10.2. The lowest BCUT2D eigenvalue weighted by molar-refractivity contribution is -0.113. The van der Waals surface area contributed by atoms with Crippen molar-refractivity contribution in [1.29, 1.82) is 0 Å². The van der Waals surface area contributed by atoms with Gasteiger partial charge < -0.3 is 15.1 Å². The van der Waals surface area contributed by atoms with Gasteiger partial charge >= 0.3 is 0 Å². The minimum absolute atomic E-state index is 0.122. The molecule has 0 radical (unpaired) electrons. The van der Waals surface area contributed by atoms with Gasteiger partial charge in [-0.25, -0.2) is 0 Å². The Kier molecular flexibility index (Phi) is 7.20. The van der Waals surface area contributed by atoms with E-state index in [1.165, 1.54) is 17.3 Å². The summed E-state index contributed by atoms with van der Waals surface area (Å²) in [7, 11) is 0. The number of furan rings is 1. The molecule has 184 valence electrons. The molecular formula is C27H27N5O3S. The van der Waals surface area contributed by atoms with Crippen molar-refractivity contribution in [2.45, 2.75) is 31.7 Å². The molecular weight excluding hydrogens is 474 g/mol. The first-order valence-corrected chi connectivity index (χ1v) is 12.7. The molecule has 1 aliphatic heterocycles. The van der Waals surface area contributed by atoms with Gasteiger partial charge in [0.15, 0.2) is 5.16 Å². The Labute approximate surface area is 213 Å². The van der Waals surface area contributed by atoms with Crippen LogP contribution in [0.1, 0.15) is 22.5 Å². The lowest BCUT2D eigenvalue weighted by Gasteiger charge is -2.31. The van der Waals surface area contributed by atoms with Crippen molar-refractivity contribution in [2.75, 3.05) is 23.1 Å². The number of aryl methyl sites for hydroxylation is 1. The molecule has 8 nitrogen and oxygen atoms in total. The average Bonchev–Trinajstić information content (AvgIpc) is 3.40. The summed E-state index contributed by atoms with van der Waals surface area (Å²) in [5, 5.41) is 6.79. The minimum Gasteiger partial charge on any atom is -0.467 e. The van der Waals surface area contributed by atoms with Gasteiger partial charge in [-0.2, -0.15) is 4.98 Å². The number of nitrogens with zero attached hydrogens (tertiary/aromatic N) is 3. The van der Waals surface area contributed by atoms with E-state index in [1.54, 1.807) is 6.26 Å². The van der Waals surface area contributed by atoms with Crippen molar-refractivity contribution < 1.29 is 9.21 Å². The molecule has 0 saturated heterocycles. The van der Waals surface area contributed by atoms with Crippen molar-refractivity contribution >= 4 is 29.2 Å². The number of carbonyl (C=O) groups is 1. The summed E-state index contributed by atoms with van der Waals surface area (Å²) in [5.74, 6) is 1.42. The number of hydrogen-bond acceptors (Lipinski definition) is 7. The Hall–Kier alpha value is -3.82. The highest BCUT2D eigenvalue weighted by atomic mass is 32.2. The summed E-state index contributed by atoms with van der Waals surface area (Å²) < 4.78 is 7.50. The smallest absolute Gasteiger partial charge is 0.280 e. The highest BCUT2D eigenvalue weighted by Crippen LogP contribution is 2.27. The number of amides is 1. The predicted octanol–water partition coefficient (Wildman–Crippen LogP) is 4.31. The zero-order chi connectivity index (χ0) is 24.9. The number of benzene rings is 2. The Morgan fingerprint density at radius 3 is 2.64 bits per heavy atom. The zero-order valence-corrected chi connectivity index (χ0v) is 20.8. The van der Waals surface area contributed by atoms with Crippen LogP contribution in [0.2, 0.25) is 0 Å². The van der Waals surface area contributed by atoms with Gasteiger partial charge in [0.1, 0.15) is 11.6 Å². The van der Waals surface area contributed by atoms with E-state index >= 15 is 0 Å². The van der Waals surface area contributed by atoms with Crippen LogP contribution in [0.3, 0.4) is 0 Å². The normalized spacial score (nSPS) is 13.1. The van der Waals surface area contributed by atoms with E-state index in [-0.39, 0.29) is 17.2 Å². The molecule has 0 unspecified atom stereocenters. The Balaban J connectivity index is 1.37. The molecule has 9 heteroatoms. The van der Waals surface area contributed by atoms with Crippen LogP contribution in [-0.2, 0) is 24.4 Å². The quantitative estimate of drug-likeness (QED) is 0.275. The lowest BCUT2D eigenvalue weighted by Crippen LogP contribution is -2.39. The number of hydrogen-bond donors (Lipinski definition) is 2. The van der Waals surface area contributed by atoms with Crippen molar-refractivity contribution in [3.63, 3.8) is 0 Å². The second kappa shape index (κ2) is 10.8. The third-order valence-electron chi connectivity index (χ3n) is 5.90. The number of anilines is 2. The maximum atomic E-state index is 13.1. The van der Waals surface area contributed by atoms with E-state index < -0.39 is 0 Å². The highest BCUT2D eigenvalue weighted by molar-refractivity contribution is 7.99. The first-order valence-electron chi connectivity index (χ1n) is 11.7. The molecule has 0 spiro atoms. The number of rotatable bonds is 8. The van der Waals surface area contributed by atoms with Crippen molar-refractivity contribution in [2.24, 2.45) is 0 Å². The highest BCUT2D eigenvalue weighted by Gasteiger charge is 2.25. The number of aromatic nitrogens is 2. The SMILES string of the molecule is Cc1ccc(NC(=O)CSc2nc(=O)c3c(n2Cc2ccco2)NCN(Cc2ccccc2)C3)cc1. The molecule has 1 aliphatic rings. The second-order valence-electron chi connectivity index (χ2n) is 8.70. The summed E-state index contributed by atoms with van der Waals surface area (Å²) >= 11 is 1.23. The molecule has 3 heterocycles. The first-order chi connectivity index (χ1) is 17.5. The van der Waals surface area contributed by atoms with E-state index in [0.717, 1.165) is 29.4 Å². The third kappa shape index (κ3) is 5.69. The number of carbonyl (C=O) groups excluding carboxylic acids is 1. The maximum Gasteiger partial charge on any atom is 0.280 e. The first kappa shape index (κ1) is 23.9. The summed E-state index contributed by atoms with van der Waals surface area (Å²) in [6.45, 7) is 4.19. The molecule has 5 rings (SSSR count). The predicted molar refractivity (Wildman–Crippen MR) is 141 cm³/mol. The van der Waals surface area contributed by atoms with Gasteiger partial charge in [0.2, 0.25) is 5.91 Å². The van der Waals surface area contributed by atoms with Gasteiger partial charge in [0.25, 0.3) is 5.56 Å². The van der Waals surface area contributed by atoms with Crippen molar-refractivity contribution in [3.05, 3.63) is 106 Å². The molecule has 2 N–H and O–H groups in total. The number of thioether (sulfide) groups is 1. The molecule has 0 fully saturated rings. The fourth-order valence-electron chi connectivity index (χ4n) is 4.12. The van der Waals surface area contributed by atoms with Crippen molar-refractivity contribution in [1.82, 2.24) is 14.5 Å². The molecule has 0 saturated carbocycles. The van der Waals surface area contributed by atoms with E-state index in [1.807, 2.05) is 66.1 Å². The van der Waals surface area contributed by atoms with Gasteiger partial charge in [-0.3, -0.25) is 19.1 Å². The van der Waals surface area contributed by atoms with Crippen LogP contribution in [-0.4, -0.2) is 32.8 Å². The molecule has 0 bridgehead atoms. The van der Waals surface area contributed by atoms with Crippen LogP contribution in [0, 0.1) is 6.92 Å². The topological polar surface area (TPSA) is 92.4 Å². The van der Waals surface area contributed by atoms with Gasteiger partial charge in [-0.1, -0.05) is 59.8 Å². The largest absolute Gasteiger partial charge is 0.467 e. The molecule has 4 aromatic rings. The standard InChI is InChI=1S/C27H27N5O3S/c1-19-9-11-21(12-10-19)29-24(33)17-36-27-30-26(34)23-16-31(14-20-6-3-2-4-7-20)18-28-25(23)32(27)15-22-8-5-13-35-22/h2-13,28H,14-18H2,1H3,(H,29,33).